The lowest BCUT2D eigenvalue weighted by Gasteiger charge is -2.09. The van der Waals surface area contributed by atoms with Crippen molar-refractivity contribution in [3.8, 4) is 5.75 Å². The predicted octanol–water partition coefficient (Wildman–Crippen LogP) is 4.33. The number of carbonyl (C=O) groups is 1. The van der Waals surface area contributed by atoms with Gasteiger partial charge in [-0.05, 0) is 36.1 Å². The lowest BCUT2D eigenvalue weighted by molar-refractivity contribution is 0.0993. The number of rotatable bonds is 6. The number of ether oxygens (including phenoxy) is 1. The molecular weight excluding hydrogens is 369 g/mol. The Morgan fingerprint density at radius 2 is 1.93 bits per heavy atom. The number of anilines is 1. The van der Waals surface area contributed by atoms with Gasteiger partial charge in [0.15, 0.2) is 5.76 Å². The molecule has 2 aromatic carbocycles. The van der Waals surface area contributed by atoms with Crippen LogP contribution in [0.1, 0.15) is 16.1 Å². The molecule has 3 aromatic rings. The first-order valence-corrected chi connectivity index (χ1v) is 9.24. The zero-order valence-electron chi connectivity index (χ0n) is 14.4. The minimum atomic E-state index is -0.529. The highest BCUT2D eigenvalue weighted by Crippen LogP contribution is 2.25. The van der Waals surface area contributed by atoms with Crippen molar-refractivity contribution in [3.05, 3.63) is 88.2 Å². The van der Waals surface area contributed by atoms with Crippen molar-refractivity contribution in [2.45, 2.75) is 11.5 Å². The van der Waals surface area contributed by atoms with E-state index < -0.39 is 11.3 Å². The summed E-state index contributed by atoms with van der Waals surface area (Å²) >= 11 is 1.49. The molecule has 27 heavy (non-hydrogen) atoms. The largest absolute Gasteiger partial charge is 0.482 e. The maximum atomic E-state index is 12.9. The van der Waals surface area contributed by atoms with Crippen molar-refractivity contribution in [2.24, 2.45) is 0 Å². The zero-order valence-corrected chi connectivity index (χ0v) is 15.2. The Balaban J connectivity index is 1.69. The molecule has 0 bridgehead atoms. The fourth-order valence-electron chi connectivity index (χ4n) is 2.30. The van der Waals surface area contributed by atoms with E-state index in [0.29, 0.717) is 11.3 Å². The van der Waals surface area contributed by atoms with Crippen LogP contribution >= 0.6 is 11.8 Å². The van der Waals surface area contributed by atoms with E-state index in [1.54, 1.807) is 24.3 Å². The van der Waals surface area contributed by atoms with Crippen LogP contribution < -0.4 is 15.5 Å². The molecule has 0 saturated carbocycles. The van der Waals surface area contributed by atoms with Gasteiger partial charge >= 0.3 is 0 Å². The van der Waals surface area contributed by atoms with Gasteiger partial charge in [-0.25, -0.2) is 4.39 Å². The van der Waals surface area contributed by atoms with Crippen LogP contribution in [0.3, 0.4) is 0 Å². The minimum absolute atomic E-state index is 0.0274. The van der Waals surface area contributed by atoms with Gasteiger partial charge < -0.3 is 14.5 Å². The second-order valence-corrected chi connectivity index (χ2v) is 6.39. The van der Waals surface area contributed by atoms with Crippen LogP contribution in [0.5, 0.6) is 5.75 Å². The van der Waals surface area contributed by atoms with Crippen LogP contribution in [-0.4, -0.2) is 12.2 Å². The summed E-state index contributed by atoms with van der Waals surface area (Å²) in [4.78, 5) is 25.4. The van der Waals surface area contributed by atoms with Gasteiger partial charge in [0, 0.05) is 11.0 Å². The van der Waals surface area contributed by atoms with Crippen molar-refractivity contribution < 1.29 is 18.3 Å². The standard InChI is InChI=1S/C20H16FNO4S/c1-27-19-5-3-2-4-15(19)22-20(24)17-10-16(23)18(12-26-17)25-11-13-6-8-14(21)9-7-13/h2-10,12H,11H2,1H3,(H,22,24). The Labute approximate surface area is 159 Å². The quantitative estimate of drug-likeness (QED) is 0.640. The van der Waals surface area contributed by atoms with Gasteiger partial charge in [0.1, 0.15) is 18.7 Å². The number of nitrogens with one attached hydrogen (secondary N) is 1. The number of amides is 1. The summed E-state index contributed by atoms with van der Waals surface area (Å²) in [5.41, 5.74) is 0.854. The molecule has 0 atom stereocenters. The Morgan fingerprint density at radius 1 is 1.19 bits per heavy atom. The van der Waals surface area contributed by atoms with E-state index >= 15 is 0 Å². The van der Waals surface area contributed by atoms with E-state index in [0.717, 1.165) is 17.2 Å². The van der Waals surface area contributed by atoms with Gasteiger partial charge in [0.2, 0.25) is 11.2 Å². The molecule has 5 nitrogen and oxygen atoms in total. The SMILES string of the molecule is CSc1ccccc1NC(=O)c1cc(=O)c(OCc2ccc(F)cc2)co1. The molecule has 0 aliphatic rings. The Kier molecular flexibility index (Phi) is 5.93. The highest BCUT2D eigenvalue weighted by Gasteiger charge is 2.14. The normalized spacial score (nSPS) is 10.4. The minimum Gasteiger partial charge on any atom is -0.482 e. The Bertz CT molecular complexity index is 1000. The lowest BCUT2D eigenvalue weighted by Crippen LogP contribution is -2.16. The Hall–Kier alpha value is -3.06. The summed E-state index contributed by atoms with van der Waals surface area (Å²) in [5, 5.41) is 2.72. The van der Waals surface area contributed by atoms with Gasteiger partial charge in [0.05, 0.1) is 5.69 Å². The average Bonchev–Trinajstić information content (AvgIpc) is 2.68. The first-order valence-electron chi connectivity index (χ1n) is 8.01. The van der Waals surface area contributed by atoms with Crippen LogP contribution in [0, 0.1) is 5.82 Å². The van der Waals surface area contributed by atoms with E-state index in [1.807, 2.05) is 18.4 Å². The van der Waals surface area contributed by atoms with E-state index in [2.05, 4.69) is 5.32 Å². The van der Waals surface area contributed by atoms with Crippen molar-refractivity contribution in [1.29, 1.82) is 0 Å². The number of carbonyl (C=O) groups excluding carboxylic acids is 1. The number of thioether (sulfide) groups is 1. The summed E-state index contributed by atoms with van der Waals surface area (Å²) in [7, 11) is 0. The van der Waals surface area contributed by atoms with E-state index in [9.17, 15) is 14.0 Å². The summed E-state index contributed by atoms with van der Waals surface area (Å²) in [5.74, 6) is -1.03. The van der Waals surface area contributed by atoms with Crippen LogP contribution in [0.2, 0.25) is 0 Å². The summed E-state index contributed by atoms with van der Waals surface area (Å²) in [6.07, 6.45) is 3.00. The molecule has 0 aliphatic carbocycles. The highest BCUT2D eigenvalue weighted by molar-refractivity contribution is 7.98. The molecule has 1 aromatic heterocycles. The molecule has 0 fully saturated rings. The lowest BCUT2D eigenvalue weighted by atomic mass is 10.2. The summed E-state index contributed by atoms with van der Waals surface area (Å²) in [6, 6.07) is 14.1. The number of halogens is 1. The fourth-order valence-corrected chi connectivity index (χ4v) is 2.85. The summed E-state index contributed by atoms with van der Waals surface area (Å²) in [6.45, 7) is 0.0810. The fraction of sp³-hybridized carbons (Fsp3) is 0.100. The van der Waals surface area contributed by atoms with Crippen molar-refractivity contribution in [3.63, 3.8) is 0 Å². The number of hydrogen-bond acceptors (Lipinski definition) is 5. The molecule has 0 saturated heterocycles. The molecule has 1 N–H and O–H groups in total. The van der Waals surface area contributed by atoms with Gasteiger partial charge in [-0.1, -0.05) is 24.3 Å². The van der Waals surface area contributed by atoms with E-state index in [-0.39, 0.29) is 23.9 Å². The number of benzene rings is 2. The average molecular weight is 385 g/mol. The molecule has 0 aliphatic heterocycles. The van der Waals surface area contributed by atoms with Crippen LogP contribution in [0.4, 0.5) is 10.1 Å². The van der Waals surface area contributed by atoms with Gasteiger partial charge in [-0.2, -0.15) is 0 Å². The predicted molar refractivity (Wildman–Crippen MR) is 102 cm³/mol. The first-order chi connectivity index (χ1) is 13.1. The highest BCUT2D eigenvalue weighted by atomic mass is 32.2. The molecule has 0 radical (unpaired) electrons. The third-order valence-electron chi connectivity index (χ3n) is 3.68. The molecule has 1 heterocycles. The number of para-hydroxylation sites is 1. The van der Waals surface area contributed by atoms with Crippen molar-refractivity contribution >= 4 is 23.4 Å². The van der Waals surface area contributed by atoms with Gasteiger partial charge in [-0.3, -0.25) is 9.59 Å². The second kappa shape index (κ2) is 8.55. The first kappa shape index (κ1) is 18.7. The molecule has 0 spiro atoms. The molecule has 1 amide bonds. The topological polar surface area (TPSA) is 68.5 Å². The van der Waals surface area contributed by atoms with Crippen molar-refractivity contribution in [1.82, 2.24) is 0 Å². The molecule has 3 rings (SSSR count). The maximum Gasteiger partial charge on any atom is 0.291 e. The molecular formula is C20H16FNO4S. The Morgan fingerprint density at radius 3 is 2.63 bits per heavy atom. The van der Waals surface area contributed by atoms with Gasteiger partial charge in [-0.15, -0.1) is 11.8 Å². The third-order valence-corrected chi connectivity index (χ3v) is 4.48. The van der Waals surface area contributed by atoms with E-state index in [4.69, 9.17) is 9.15 Å². The zero-order chi connectivity index (χ0) is 19.2. The van der Waals surface area contributed by atoms with E-state index in [1.165, 1.54) is 23.9 Å². The van der Waals surface area contributed by atoms with Gasteiger partial charge in [0.25, 0.3) is 5.91 Å². The van der Waals surface area contributed by atoms with Crippen molar-refractivity contribution in [2.75, 3.05) is 11.6 Å². The second-order valence-electron chi connectivity index (χ2n) is 5.54. The molecule has 0 unspecified atom stereocenters. The summed E-state index contributed by atoms with van der Waals surface area (Å²) < 4.78 is 23.5. The monoisotopic (exact) mass is 385 g/mol. The third kappa shape index (κ3) is 4.77. The van der Waals surface area contributed by atoms with Crippen LogP contribution in [0.25, 0.3) is 0 Å². The maximum absolute atomic E-state index is 12.9. The molecule has 7 heteroatoms. The number of hydrogen-bond donors (Lipinski definition) is 1. The van der Waals surface area contributed by atoms with Crippen LogP contribution in [0.15, 0.2) is 75.0 Å². The van der Waals surface area contributed by atoms with Crippen LogP contribution in [-0.2, 0) is 6.61 Å². The molecule has 138 valence electrons. The smallest absolute Gasteiger partial charge is 0.291 e.